The van der Waals surface area contributed by atoms with Crippen molar-refractivity contribution in [2.75, 3.05) is 11.9 Å². The molecule has 0 atom stereocenters. The maximum atomic E-state index is 13.3. The molecule has 0 fully saturated rings. The lowest BCUT2D eigenvalue weighted by Gasteiger charge is -2.24. The molecule has 1 aromatic rings. The first-order chi connectivity index (χ1) is 8.35. The van der Waals surface area contributed by atoms with Crippen LogP contribution in [0.4, 0.5) is 18.9 Å². The van der Waals surface area contributed by atoms with Crippen molar-refractivity contribution in [2.24, 2.45) is 5.41 Å². The molecule has 98 valence electrons. The van der Waals surface area contributed by atoms with Crippen molar-refractivity contribution in [3.63, 3.8) is 0 Å². The zero-order chi connectivity index (χ0) is 13.8. The van der Waals surface area contributed by atoms with Crippen molar-refractivity contribution in [2.45, 2.75) is 26.7 Å². The summed E-state index contributed by atoms with van der Waals surface area (Å²) in [7, 11) is 0. The summed E-state index contributed by atoms with van der Waals surface area (Å²) in [6.07, 6.45) is 1.04. The second-order valence-corrected chi connectivity index (χ2v) is 4.92. The predicted octanol–water partition coefficient (Wildman–Crippen LogP) is 3.85. The normalized spacial score (nSPS) is 11.1. The Bertz CT molecular complexity index is 464. The summed E-state index contributed by atoms with van der Waals surface area (Å²) in [5.41, 5.74) is -0.300. The Labute approximate surface area is 104 Å². The van der Waals surface area contributed by atoms with Gasteiger partial charge < -0.3 is 5.32 Å². The number of halogens is 3. The van der Waals surface area contributed by atoms with Crippen LogP contribution in [0.3, 0.4) is 0 Å². The number of hydrogen-bond acceptors (Lipinski definition) is 2. The van der Waals surface area contributed by atoms with Crippen molar-refractivity contribution in [3.8, 4) is 6.07 Å². The van der Waals surface area contributed by atoms with E-state index in [1.165, 1.54) is 0 Å². The van der Waals surface area contributed by atoms with Gasteiger partial charge in [0.05, 0.1) is 11.8 Å². The third-order valence-electron chi connectivity index (χ3n) is 2.68. The van der Waals surface area contributed by atoms with Crippen LogP contribution in [-0.2, 0) is 0 Å². The first kappa shape index (κ1) is 14.4. The van der Waals surface area contributed by atoms with Crippen LogP contribution in [-0.4, -0.2) is 6.54 Å². The van der Waals surface area contributed by atoms with Gasteiger partial charge in [-0.15, -0.1) is 0 Å². The molecule has 18 heavy (non-hydrogen) atoms. The molecule has 0 spiro atoms. The van der Waals surface area contributed by atoms with Crippen LogP contribution < -0.4 is 5.32 Å². The topological polar surface area (TPSA) is 35.8 Å². The number of nitriles is 1. The lowest BCUT2D eigenvalue weighted by Crippen LogP contribution is -2.23. The molecule has 1 N–H and O–H groups in total. The van der Waals surface area contributed by atoms with E-state index in [1.54, 1.807) is 0 Å². The average molecular weight is 256 g/mol. The van der Waals surface area contributed by atoms with Gasteiger partial charge in [0.15, 0.2) is 11.6 Å². The highest BCUT2D eigenvalue weighted by molar-refractivity contribution is 5.45. The SMILES string of the molecule is CC(C)(CCC#N)CNc1cc(F)c(F)cc1F. The Hall–Kier alpha value is -1.70. The molecule has 1 rings (SSSR count). The van der Waals surface area contributed by atoms with E-state index in [-0.39, 0.29) is 11.1 Å². The number of rotatable bonds is 5. The van der Waals surface area contributed by atoms with Crippen LogP contribution in [0.2, 0.25) is 0 Å². The lowest BCUT2D eigenvalue weighted by molar-refractivity contribution is 0.363. The van der Waals surface area contributed by atoms with E-state index in [4.69, 9.17) is 5.26 Å². The second-order valence-electron chi connectivity index (χ2n) is 4.92. The summed E-state index contributed by atoms with van der Waals surface area (Å²) in [5.74, 6) is -3.12. The fourth-order valence-electron chi connectivity index (χ4n) is 1.48. The van der Waals surface area contributed by atoms with Crippen molar-refractivity contribution < 1.29 is 13.2 Å². The molecule has 2 nitrogen and oxygen atoms in total. The summed E-state index contributed by atoms with van der Waals surface area (Å²) in [4.78, 5) is 0. The molecule has 0 saturated carbocycles. The minimum absolute atomic E-state index is 0.0704. The maximum Gasteiger partial charge on any atom is 0.161 e. The summed E-state index contributed by atoms with van der Waals surface area (Å²) in [6, 6.07) is 3.35. The van der Waals surface area contributed by atoms with Crippen LogP contribution >= 0.6 is 0 Å². The largest absolute Gasteiger partial charge is 0.382 e. The first-order valence-electron chi connectivity index (χ1n) is 5.61. The monoisotopic (exact) mass is 256 g/mol. The Balaban J connectivity index is 2.69. The van der Waals surface area contributed by atoms with E-state index in [0.717, 1.165) is 6.07 Å². The molecule has 0 unspecified atom stereocenters. The van der Waals surface area contributed by atoms with Crippen molar-refractivity contribution in [3.05, 3.63) is 29.6 Å². The Morgan fingerprint density at radius 1 is 1.17 bits per heavy atom. The van der Waals surface area contributed by atoms with Crippen molar-refractivity contribution in [1.82, 2.24) is 0 Å². The molecule has 0 radical (unpaired) electrons. The van der Waals surface area contributed by atoms with Crippen molar-refractivity contribution >= 4 is 5.69 Å². The second kappa shape index (κ2) is 5.76. The molecular formula is C13H15F3N2. The fraction of sp³-hybridized carbons (Fsp3) is 0.462. The third kappa shape index (κ3) is 3.95. The van der Waals surface area contributed by atoms with Gasteiger partial charge in [-0.25, -0.2) is 13.2 Å². The van der Waals surface area contributed by atoms with E-state index in [2.05, 4.69) is 5.32 Å². The van der Waals surface area contributed by atoms with Gasteiger partial charge in [-0.3, -0.25) is 0 Å². The molecule has 1 aromatic carbocycles. The van der Waals surface area contributed by atoms with Crippen LogP contribution in [0.1, 0.15) is 26.7 Å². The van der Waals surface area contributed by atoms with E-state index in [0.29, 0.717) is 25.5 Å². The summed E-state index contributed by atoms with van der Waals surface area (Å²) in [5, 5.41) is 11.2. The van der Waals surface area contributed by atoms with Crippen LogP contribution in [0.15, 0.2) is 12.1 Å². The van der Waals surface area contributed by atoms with Gasteiger partial charge in [-0.1, -0.05) is 13.8 Å². The highest BCUT2D eigenvalue weighted by Gasteiger charge is 2.18. The Morgan fingerprint density at radius 3 is 2.39 bits per heavy atom. The molecule has 0 aromatic heterocycles. The molecule has 0 aliphatic carbocycles. The van der Waals surface area contributed by atoms with Gasteiger partial charge in [-0.2, -0.15) is 5.26 Å². The highest BCUT2D eigenvalue weighted by atomic mass is 19.2. The van der Waals surface area contributed by atoms with Crippen LogP contribution in [0, 0.1) is 34.2 Å². The van der Waals surface area contributed by atoms with Gasteiger partial charge in [0.2, 0.25) is 0 Å². The van der Waals surface area contributed by atoms with E-state index in [1.807, 2.05) is 19.9 Å². The number of nitrogens with one attached hydrogen (secondary N) is 1. The smallest absolute Gasteiger partial charge is 0.161 e. The number of hydrogen-bond donors (Lipinski definition) is 1. The molecule has 0 saturated heterocycles. The standard InChI is InChI=1S/C13H15F3N2/c1-13(2,4-3-5-17)8-18-12-7-10(15)9(14)6-11(12)16/h6-7,18H,3-4,8H2,1-2H3. The van der Waals surface area contributed by atoms with Gasteiger partial charge in [0.25, 0.3) is 0 Å². The van der Waals surface area contributed by atoms with Gasteiger partial charge in [0, 0.05) is 25.1 Å². The van der Waals surface area contributed by atoms with E-state index >= 15 is 0 Å². The number of benzene rings is 1. The summed E-state index contributed by atoms with van der Waals surface area (Å²) < 4.78 is 39.0. The number of nitrogens with zero attached hydrogens (tertiary/aromatic N) is 1. The van der Waals surface area contributed by atoms with E-state index in [9.17, 15) is 13.2 Å². The Kier molecular flexibility index (Phi) is 4.60. The number of anilines is 1. The minimum Gasteiger partial charge on any atom is -0.382 e. The zero-order valence-corrected chi connectivity index (χ0v) is 10.4. The molecular weight excluding hydrogens is 241 g/mol. The van der Waals surface area contributed by atoms with Gasteiger partial charge >= 0.3 is 0 Å². The summed E-state index contributed by atoms with van der Waals surface area (Å²) >= 11 is 0. The van der Waals surface area contributed by atoms with Crippen LogP contribution in [0.5, 0.6) is 0 Å². The predicted molar refractivity (Wildman–Crippen MR) is 63.4 cm³/mol. The molecule has 0 aliphatic rings. The molecule has 0 bridgehead atoms. The molecule has 0 aliphatic heterocycles. The molecule has 0 heterocycles. The third-order valence-corrected chi connectivity index (χ3v) is 2.68. The molecule has 0 amide bonds. The minimum atomic E-state index is -1.21. The average Bonchev–Trinajstić information content (AvgIpc) is 2.30. The van der Waals surface area contributed by atoms with Gasteiger partial charge in [0.1, 0.15) is 5.82 Å². The van der Waals surface area contributed by atoms with Crippen LogP contribution in [0.25, 0.3) is 0 Å². The van der Waals surface area contributed by atoms with Crippen molar-refractivity contribution in [1.29, 1.82) is 5.26 Å². The van der Waals surface area contributed by atoms with Gasteiger partial charge in [-0.05, 0) is 11.8 Å². The molecule has 5 heteroatoms. The maximum absolute atomic E-state index is 13.3. The zero-order valence-electron chi connectivity index (χ0n) is 10.4. The van der Waals surface area contributed by atoms with E-state index < -0.39 is 17.5 Å². The fourth-order valence-corrected chi connectivity index (χ4v) is 1.48. The lowest BCUT2D eigenvalue weighted by atomic mass is 9.88. The highest BCUT2D eigenvalue weighted by Crippen LogP contribution is 2.24. The first-order valence-corrected chi connectivity index (χ1v) is 5.61. The quantitative estimate of drug-likeness (QED) is 0.812. The summed E-state index contributed by atoms with van der Waals surface area (Å²) in [6.45, 7) is 4.20. The Morgan fingerprint density at radius 2 is 1.78 bits per heavy atom.